The second-order valence-electron chi connectivity index (χ2n) is 9.96. The number of carbonyl (C=O) groups excluding carboxylic acids is 3. The summed E-state index contributed by atoms with van der Waals surface area (Å²) in [5, 5.41) is 12.9. The summed E-state index contributed by atoms with van der Waals surface area (Å²) < 4.78 is 22.8. The second kappa shape index (κ2) is 12.9. The van der Waals surface area contributed by atoms with E-state index in [0.717, 1.165) is 25.7 Å². The normalized spacial score (nSPS) is 25.4. The first kappa shape index (κ1) is 27.7. The molecular formula is C26H38N2O8. The van der Waals surface area contributed by atoms with Crippen molar-refractivity contribution in [3.63, 3.8) is 0 Å². The molecular weight excluding hydrogens is 468 g/mol. The van der Waals surface area contributed by atoms with Crippen LogP contribution in [-0.2, 0) is 23.8 Å². The van der Waals surface area contributed by atoms with Gasteiger partial charge in [-0.2, -0.15) is 0 Å². The molecule has 2 heterocycles. The summed E-state index contributed by atoms with van der Waals surface area (Å²) in [5.41, 5.74) is -0.253. The highest BCUT2D eigenvalue weighted by atomic mass is 16.6. The van der Waals surface area contributed by atoms with Gasteiger partial charge in [0.25, 0.3) is 5.91 Å². The van der Waals surface area contributed by atoms with Crippen LogP contribution in [0.3, 0.4) is 0 Å². The summed E-state index contributed by atoms with van der Waals surface area (Å²) in [6, 6.07) is 0.453. The largest absolute Gasteiger partial charge is 0.503 e. The minimum atomic E-state index is -0.970. The summed E-state index contributed by atoms with van der Waals surface area (Å²) in [4.78, 5) is 42.6. The summed E-state index contributed by atoms with van der Waals surface area (Å²) in [6.45, 7) is 6.22. The quantitative estimate of drug-likeness (QED) is 0.510. The maximum Gasteiger partial charge on any atom is 0.329 e. The molecule has 0 unspecified atom stereocenters. The highest BCUT2D eigenvalue weighted by Gasteiger charge is 2.39. The average Bonchev–Trinajstić information content (AvgIpc) is 3.39. The van der Waals surface area contributed by atoms with Crippen LogP contribution in [-0.4, -0.2) is 66.0 Å². The Balaban J connectivity index is 1.75. The lowest BCUT2D eigenvalue weighted by atomic mass is 10.0. The van der Waals surface area contributed by atoms with E-state index in [2.05, 4.69) is 10.3 Å². The molecule has 1 aliphatic carbocycles. The lowest BCUT2D eigenvalue weighted by Crippen LogP contribution is -2.46. The van der Waals surface area contributed by atoms with Crippen LogP contribution in [0.15, 0.2) is 12.3 Å². The Morgan fingerprint density at radius 2 is 1.92 bits per heavy atom. The first-order valence-corrected chi connectivity index (χ1v) is 12.8. The Kier molecular flexibility index (Phi) is 9.92. The zero-order chi connectivity index (χ0) is 26.2. The molecule has 1 amide bonds. The van der Waals surface area contributed by atoms with Gasteiger partial charge in [-0.05, 0) is 44.9 Å². The monoisotopic (exact) mass is 506 g/mol. The third-order valence-corrected chi connectivity index (χ3v) is 6.61. The molecule has 0 spiro atoms. The topological polar surface area (TPSA) is 133 Å². The second-order valence-corrected chi connectivity index (χ2v) is 9.96. The van der Waals surface area contributed by atoms with E-state index in [-0.39, 0.29) is 35.7 Å². The van der Waals surface area contributed by atoms with Crippen molar-refractivity contribution in [1.82, 2.24) is 10.3 Å². The Morgan fingerprint density at radius 1 is 1.19 bits per heavy atom. The predicted molar refractivity (Wildman–Crippen MR) is 130 cm³/mol. The summed E-state index contributed by atoms with van der Waals surface area (Å²) in [5.74, 6) is -1.83. The minimum absolute atomic E-state index is 0.0953. The van der Waals surface area contributed by atoms with Gasteiger partial charge in [-0.15, -0.1) is 0 Å². The minimum Gasteiger partial charge on any atom is -0.503 e. The Bertz CT molecular complexity index is 915. The van der Waals surface area contributed by atoms with Gasteiger partial charge < -0.3 is 29.4 Å². The standard InChI is InChI=1S/C26H38N2O8/c1-15(2)14-34-20-11-7-10-18(28-24(30)21-22(29)19(33-4)12-13-27-21)26(32)35-16(3)23(20)36-25(31)17-8-5-6-9-17/h12-13,15-18,20,23,29H,5-11,14H2,1-4H3,(H,28,30)/t16-,18-,20-,23-/m0/s1. The van der Waals surface area contributed by atoms with Crippen molar-refractivity contribution >= 4 is 17.8 Å². The lowest BCUT2D eigenvalue weighted by Gasteiger charge is -2.32. The average molecular weight is 507 g/mol. The lowest BCUT2D eigenvalue weighted by molar-refractivity contribution is -0.183. The molecule has 10 nitrogen and oxygen atoms in total. The fraction of sp³-hybridized carbons (Fsp3) is 0.692. The van der Waals surface area contributed by atoms with Gasteiger partial charge in [-0.1, -0.05) is 26.7 Å². The number of hydrogen-bond donors (Lipinski definition) is 2. The highest BCUT2D eigenvalue weighted by molar-refractivity contribution is 5.97. The molecule has 200 valence electrons. The van der Waals surface area contributed by atoms with E-state index in [1.807, 2.05) is 13.8 Å². The summed E-state index contributed by atoms with van der Waals surface area (Å²) in [6.07, 6.45) is 4.29. The van der Waals surface area contributed by atoms with Crippen molar-refractivity contribution in [2.75, 3.05) is 13.7 Å². The molecule has 0 radical (unpaired) electrons. The first-order chi connectivity index (χ1) is 17.2. The van der Waals surface area contributed by atoms with E-state index in [1.54, 1.807) is 6.92 Å². The Hall–Kier alpha value is -2.88. The SMILES string of the molecule is COc1ccnc(C(=O)N[C@H]2CCC[C@H](OCC(C)C)[C@@H](OC(=O)C3CCCC3)[C@H](C)OC2=O)c1O. The molecule has 0 aromatic carbocycles. The van der Waals surface area contributed by atoms with Crippen LogP contribution in [0.4, 0.5) is 0 Å². The van der Waals surface area contributed by atoms with Gasteiger partial charge in [0.1, 0.15) is 12.1 Å². The number of pyridine rings is 1. The van der Waals surface area contributed by atoms with Crippen molar-refractivity contribution in [2.24, 2.45) is 11.8 Å². The number of hydrogen-bond acceptors (Lipinski definition) is 9. The summed E-state index contributed by atoms with van der Waals surface area (Å²) >= 11 is 0. The number of aromatic hydroxyl groups is 1. The molecule has 2 fully saturated rings. The van der Waals surface area contributed by atoms with Gasteiger partial charge in [0, 0.05) is 18.9 Å². The van der Waals surface area contributed by atoms with Crippen LogP contribution in [0.5, 0.6) is 11.5 Å². The number of carbonyl (C=O) groups is 3. The molecule has 0 bridgehead atoms. The van der Waals surface area contributed by atoms with E-state index in [9.17, 15) is 19.5 Å². The number of esters is 2. The van der Waals surface area contributed by atoms with Gasteiger partial charge in [-0.3, -0.25) is 9.59 Å². The molecule has 1 saturated heterocycles. The van der Waals surface area contributed by atoms with E-state index in [0.29, 0.717) is 19.4 Å². The fourth-order valence-corrected chi connectivity index (χ4v) is 4.62. The zero-order valence-electron chi connectivity index (χ0n) is 21.5. The molecule has 4 atom stereocenters. The maximum atomic E-state index is 13.0. The Labute approximate surface area is 212 Å². The first-order valence-electron chi connectivity index (χ1n) is 12.8. The van der Waals surface area contributed by atoms with Gasteiger partial charge in [0.05, 0.1) is 19.1 Å². The van der Waals surface area contributed by atoms with E-state index >= 15 is 0 Å². The van der Waals surface area contributed by atoms with Gasteiger partial charge >= 0.3 is 11.9 Å². The van der Waals surface area contributed by atoms with Crippen LogP contribution in [0, 0.1) is 11.8 Å². The number of aromatic nitrogens is 1. The number of cyclic esters (lactones) is 1. The van der Waals surface area contributed by atoms with Crippen molar-refractivity contribution in [3.8, 4) is 11.5 Å². The van der Waals surface area contributed by atoms with E-state index in [1.165, 1.54) is 19.4 Å². The van der Waals surface area contributed by atoms with E-state index < -0.39 is 42.0 Å². The third kappa shape index (κ3) is 7.09. The molecule has 1 saturated carbocycles. The molecule has 36 heavy (non-hydrogen) atoms. The molecule has 1 aromatic rings. The van der Waals surface area contributed by atoms with Crippen molar-refractivity contribution < 1.29 is 38.4 Å². The molecule has 3 rings (SSSR count). The number of nitrogens with one attached hydrogen (secondary N) is 1. The Morgan fingerprint density at radius 3 is 2.58 bits per heavy atom. The van der Waals surface area contributed by atoms with E-state index in [4.69, 9.17) is 18.9 Å². The number of methoxy groups -OCH3 is 1. The molecule has 1 aliphatic heterocycles. The molecule has 2 aliphatic rings. The highest BCUT2D eigenvalue weighted by Crippen LogP contribution is 2.30. The zero-order valence-corrected chi connectivity index (χ0v) is 21.5. The summed E-state index contributed by atoms with van der Waals surface area (Å²) in [7, 11) is 1.36. The van der Waals surface area contributed by atoms with Crippen LogP contribution < -0.4 is 10.1 Å². The van der Waals surface area contributed by atoms with Crippen molar-refractivity contribution in [1.29, 1.82) is 0 Å². The van der Waals surface area contributed by atoms with Crippen molar-refractivity contribution in [3.05, 3.63) is 18.0 Å². The van der Waals surface area contributed by atoms with Gasteiger partial charge in [0.2, 0.25) is 0 Å². The third-order valence-electron chi connectivity index (χ3n) is 6.61. The molecule has 2 N–H and O–H groups in total. The van der Waals surface area contributed by atoms with Crippen LogP contribution in [0.2, 0.25) is 0 Å². The fourth-order valence-electron chi connectivity index (χ4n) is 4.62. The van der Waals surface area contributed by atoms with Crippen LogP contribution in [0.25, 0.3) is 0 Å². The number of ether oxygens (including phenoxy) is 4. The number of rotatable bonds is 8. The van der Waals surface area contributed by atoms with Crippen LogP contribution >= 0.6 is 0 Å². The van der Waals surface area contributed by atoms with Gasteiger partial charge in [-0.25, -0.2) is 9.78 Å². The number of amides is 1. The predicted octanol–water partition coefficient (Wildman–Crippen LogP) is 3.15. The van der Waals surface area contributed by atoms with Gasteiger partial charge in [0.15, 0.2) is 23.3 Å². The maximum absolute atomic E-state index is 13.0. The van der Waals surface area contributed by atoms with Crippen molar-refractivity contribution in [2.45, 2.75) is 90.1 Å². The van der Waals surface area contributed by atoms with Crippen LogP contribution in [0.1, 0.15) is 76.2 Å². The molecule has 1 aromatic heterocycles. The molecule has 10 heteroatoms. The smallest absolute Gasteiger partial charge is 0.329 e. The number of nitrogens with zero attached hydrogens (tertiary/aromatic N) is 1.